The first-order valence-corrected chi connectivity index (χ1v) is 10.5. The van der Waals surface area contributed by atoms with Gasteiger partial charge >= 0.3 is 0 Å². The number of carbonyl (C=O) groups excluding carboxylic acids is 1. The Hall–Kier alpha value is -2.16. The molecule has 1 aromatic heterocycles. The molecular weight excluding hydrogens is 392 g/mol. The van der Waals surface area contributed by atoms with E-state index in [4.69, 9.17) is 16.3 Å². The van der Waals surface area contributed by atoms with Crippen LogP contribution in [0.15, 0.2) is 35.4 Å². The largest absolute Gasteiger partial charge is 0.493 e. The molecule has 0 amide bonds. The standard InChI is InChI=1S/C18H21ClN2O5S/c1-4-6-9-26-11-14-15(27(3,24)25)8-7-12(16(14)19)17(22)13-10-20-21(5-2)18(13)23/h4,6-8,10,23H,5,9,11H2,1-3H3/b6-4+. The number of ketones is 1. The lowest BCUT2D eigenvalue weighted by atomic mass is 10.0. The van der Waals surface area contributed by atoms with Crippen molar-refractivity contribution in [2.24, 2.45) is 0 Å². The molecule has 0 aliphatic heterocycles. The van der Waals surface area contributed by atoms with Crippen molar-refractivity contribution in [1.29, 1.82) is 0 Å². The number of hydrogen-bond donors (Lipinski definition) is 1. The summed E-state index contributed by atoms with van der Waals surface area (Å²) in [6.07, 6.45) is 5.88. The molecule has 0 saturated heterocycles. The van der Waals surface area contributed by atoms with E-state index in [1.54, 1.807) is 19.1 Å². The molecule has 0 spiro atoms. The Labute approximate surface area is 163 Å². The summed E-state index contributed by atoms with van der Waals surface area (Å²) in [5, 5.41) is 14.0. The Morgan fingerprint density at radius 3 is 2.63 bits per heavy atom. The summed E-state index contributed by atoms with van der Waals surface area (Å²) < 4.78 is 30.9. The highest BCUT2D eigenvalue weighted by atomic mass is 35.5. The molecule has 0 radical (unpaired) electrons. The molecule has 27 heavy (non-hydrogen) atoms. The monoisotopic (exact) mass is 412 g/mol. The number of carbonyl (C=O) groups is 1. The number of benzene rings is 1. The Balaban J connectivity index is 2.51. The van der Waals surface area contributed by atoms with E-state index in [-0.39, 0.29) is 45.7 Å². The Kier molecular flexibility index (Phi) is 6.80. The fraction of sp³-hybridized carbons (Fsp3) is 0.333. The molecule has 0 fully saturated rings. The second-order valence-electron chi connectivity index (χ2n) is 5.79. The lowest BCUT2D eigenvalue weighted by Crippen LogP contribution is -2.10. The quantitative estimate of drug-likeness (QED) is 0.406. The van der Waals surface area contributed by atoms with Gasteiger partial charge in [0.1, 0.15) is 5.56 Å². The third-order valence-electron chi connectivity index (χ3n) is 3.90. The molecule has 0 bridgehead atoms. The van der Waals surface area contributed by atoms with Crippen LogP contribution in [0.1, 0.15) is 35.3 Å². The maximum absolute atomic E-state index is 12.8. The minimum Gasteiger partial charge on any atom is -0.493 e. The topological polar surface area (TPSA) is 98.5 Å². The fourth-order valence-electron chi connectivity index (χ4n) is 2.50. The summed E-state index contributed by atoms with van der Waals surface area (Å²) in [6.45, 7) is 4.20. The maximum atomic E-state index is 12.8. The number of hydrogen-bond acceptors (Lipinski definition) is 6. The number of nitrogens with zero attached hydrogens (tertiary/aromatic N) is 2. The molecule has 0 saturated carbocycles. The van der Waals surface area contributed by atoms with E-state index < -0.39 is 15.6 Å². The molecule has 2 rings (SSSR count). The van der Waals surface area contributed by atoms with Gasteiger partial charge in [0.25, 0.3) is 0 Å². The number of aromatic hydroxyl groups is 1. The van der Waals surface area contributed by atoms with Gasteiger partial charge in [-0.3, -0.25) is 4.79 Å². The summed E-state index contributed by atoms with van der Waals surface area (Å²) >= 11 is 6.38. The van der Waals surface area contributed by atoms with Crippen LogP contribution in [0.2, 0.25) is 5.02 Å². The highest BCUT2D eigenvalue weighted by Gasteiger charge is 2.25. The molecule has 0 unspecified atom stereocenters. The van der Waals surface area contributed by atoms with Crippen LogP contribution < -0.4 is 0 Å². The molecule has 0 aliphatic carbocycles. The SMILES string of the molecule is C/C=C/COCc1c(S(C)(=O)=O)ccc(C(=O)c2cnn(CC)c2O)c1Cl. The van der Waals surface area contributed by atoms with Crippen molar-refractivity contribution in [3.05, 3.63) is 52.2 Å². The van der Waals surface area contributed by atoms with E-state index in [9.17, 15) is 18.3 Å². The van der Waals surface area contributed by atoms with E-state index in [1.807, 2.05) is 6.92 Å². The Morgan fingerprint density at radius 2 is 2.07 bits per heavy atom. The molecule has 1 aromatic carbocycles. The van der Waals surface area contributed by atoms with E-state index in [2.05, 4.69) is 5.10 Å². The van der Waals surface area contributed by atoms with Crippen LogP contribution in [0.4, 0.5) is 0 Å². The first-order chi connectivity index (χ1) is 12.7. The molecule has 0 atom stereocenters. The van der Waals surface area contributed by atoms with Gasteiger partial charge in [-0.15, -0.1) is 0 Å². The Bertz CT molecular complexity index is 980. The highest BCUT2D eigenvalue weighted by Crippen LogP contribution is 2.31. The van der Waals surface area contributed by atoms with E-state index in [0.717, 1.165) is 6.26 Å². The van der Waals surface area contributed by atoms with E-state index in [0.29, 0.717) is 6.54 Å². The summed E-state index contributed by atoms with van der Waals surface area (Å²) in [7, 11) is -3.57. The predicted octanol–water partition coefficient (Wildman–Crippen LogP) is 2.99. The first-order valence-electron chi connectivity index (χ1n) is 8.22. The van der Waals surface area contributed by atoms with Crippen molar-refractivity contribution >= 4 is 27.2 Å². The third kappa shape index (κ3) is 4.58. The maximum Gasteiger partial charge on any atom is 0.220 e. The number of allylic oxidation sites excluding steroid dienone is 1. The average molecular weight is 413 g/mol. The zero-order chi connectivity index (χ0) is 20.2. The second kappa shape index (κ2) is 8.69. The van der Waals surface area contributed by atoms with Crippen LogP contribution in [0.5, 0.6) is 5.88 Å². The van der Waals surface area contributed by atoms with Crippen molar-refractivity contribution in [2.45, 2.75) is 31.9 Å². The molecule has 146 valence electrons. The van der Waals surface area contributed by atoms with Gasteiger partial charge in [0, 0.05) is 23.9 Å². The molecule has 1 N–H and O–H groups in total. The minimum absolute atomic E-state index is 0.00185. The zero-order valence-corrected chi connectivity index (χ0v) is 16.8. The normalized spacial score (nSPS) is 12.0. The van der Waals surface area contributed by atoms with Crippen LogP contribution >= 0.6 is 11.6 Å². The van der Waals surface area contributed by atoms with E-state index >= 15 is 0 Å². The lowest BCUT2D eigenvalue weighted by Gasteiger charge is -2.13. The van der Waals surface area contributed by atoms with Crippen LogP contribution in [-0.4, -0.2) is 42.0 Å². The summed E-state index contributed by atoms with van der Waals surface area (Å²) in [5.41, 5.74) is 0.267. The predicted molar refractivity (Wildman–Crippen MR) is 102 cm³/mol. The molecule has 0 aliphatic rings. The number of halogens is 1. The van der Waals surface area contributed by atoms with Gasteiger partial charge in [-0.1, -0.05) is 23.8 Å². The van der Waals surface area contributed by atoms with Crippen LogP contribution in [0, 0.1) is 0 Å². The summed E-state index contributed by atoms with van der Waals surface area (Å²) in [5.74, 6) is -0.816. The summed E-state index contributed by atoms with van der Waals surface area (Å²) in [6, 6.07) is 2.66. The van der Waals surface area contributed by atoms with Crippen molar-refractivity contribution in [2.75, 3.05) is 12.9 Å². The molecule has 9 heteroatoms. The number of aromatic nitrogens is 2. The zero-order valence-electron chi connectivity index (χ0n) is 15.3. The lowest BCUT2D eigenvalue weighted by molar-refractivity contribution is 0.103. The van der Waals surface area contributed by atoms with Gasteiger partial charge in [-0.05, 0) is 26.0 Å². The highest BCUT2D eigenvalue weighted by molar-refractivity contribution is 7.90. The van der Waals surface area contributed by atoms with Crippen LogP contribution in [0.25, 0.3) is 0 Å². The Morgan fingerprint density at radius 1 is 1.37 bits per heavy atom. The fourth-order valence-corrected chi connectivity index (χ4v) is 3.79. The summed E-state index contributed by atoms with van der Waals surface area (Å²) in [4.78, 5) is 12.8. The second-order valence-corrected chi connectivity index (χ2v) is 8.15. The first kappa shape index (κ1) is 21.1. The van der Waals surface area contributed by atoms with Gasteiger partial charge in [-0.25, -0.2) is 13.1 Å². The van der Waals surface area contributed by atoms with E-state index in [1.165, 1.54) is 23.0 Å². The smallest absolute Gasteiger partial charge is 0.220 e. The van der Waals surface area contributed by atoms with Gasteiger partial charge in [-0.2, -0.15) is 5.10 Å². The van der Waals surface area contributed by atoms with Crippen molar-refractivity contribution in [3.8, 4) is 5.88 Å². The van der Waals surface area contributed by atoms with Gasteiger partial charge in [0.2, 0.25) is 11.7 Å². The molecular formula is C18H21ClN2O5S. The van der Waals surface area contributed by atoms with Crippen molar-refractivity contribution < 1.29 is 23.1 Å². The number of ether oxygens (including phenoxy) is 1. The van der Waals surface area contributed by atoms with Gasteiger partial charge in [0.05, 0.1) is 29.3 Å². The third-order valence-corrected chi connectivity index (χ3v) is 5.51. The van der Waals surface area contributed by atoms with Gasteiger partial charge < -0.3 is 9.84 Å². The number of sulfone groups is 1. The average Bonchev–Trinajstić information content (AvgIpc) is 2.98. The van der Waals surface area contributed by atoms with Crippen molar-refractivity contribution in [3.63, 3.8) is 0 Å². The van der Waals surface area contributed by atoms with Crippen LogP contribution in [-0.2, 0) is 27.7 Å². The molecule has 2 aromatic rings. The van der Waals surface area contributed by atoms with Crippen LogP contribution in [0.3, 0.4) is 0 Å². The molecule has 1 heterocycles. The van der Waals surface area contributed by atoms with Gasteiger partial charge in [0.15, 0.2) is 9.84 Å². The molecule has 7 nitrogen and oxygen atoms in total. The number of aryl methyl sites for hydroxylation is 1. The minimum atomic E-state index is -3.57. The number of rotatable bonds is 8. The van der Waals surface area contributed by atoms with Crippen molar-refractivity contribution in [1.82, 2.24) is 9.78 Å².